The van der Waals surface area contributed by atoms with E-state index in [-0.39, 0.29) is 11.9 Å². The summed E-state index contributed by atoms with van der Waals surface area (Å²) in [6, 6.07) is 7.87. The molecule has 0 aromatic heterocycles. The molecule has 18 heavy (non-hydrogen) atoms. The summed E-state index contributed by atoms with van der Waals surface area (Å²) in [5.74, 6) is -0.363. The van der Waals surface area contributed by atoms with Gasteiger partial charge in [-0.2, -0.15) is 0 Å². The molecular weight excluding hydrogens is 294 g/mol. The Morgan fingerprint density at radius 2 is 2.06 bits per heavy atom. The highest BCUT2D eigenvalue weighted by Gasteiger charge is 2.27. The molecule has 4 heteroatoms. The smallest absolute Gasteiger partial charge is 0.314 e. The predicted octanol–water partition coefficient (Wildman–Crippen LogP) is 2.80. The van der Waals surface area contributed by atoms with E-state index >= 15 is 0 Å². The third kappa shape index (κ3) is 3.12. The van der Waals surface area contributed by atoms with Crippen LogP contribution in [0.15, 0.2) is 28.7 Å². The van der Waals surface area contributed by atoms with Gasteiger partial charge in [0, 0.05) is 11.0 Å². The summed E-state index contributed by atoms with van der Waals surface area (Å²) in [6.45, 7) is 2.91. The zero-order valence-corrected chi connectivity index (χ0v) is 12.1. The monoisotopic (exact) mass is 311 g/mol. The van der Waals surface area contributed by atoms with E-state index in [1.807, 2.05) is 24.3 Å². The number of halogens is 1. The number of methoxy groups -OCH3 is 1. The molecule has 1 heterocycles. The van der Waals surface area contributed by atoms with Crippen molar-refractivity contribution in [3.8, 4) is 0 Å². The van der Waals surface area contributed by atoms with Crippen molar-refractivity contribution in [2.75, 3.05) is 26.7 Å². The number of nitrogens with zero attached hydrogens (tertiary/aromatic N) is 1. The van der Waals surface area contributed by atoms with Gasteiger partial charge in [-0.1, -0.05) is 34.1 Å². The van der Waals surface area contributed by atoms with Crippen molar-refractivity contribution in [2.45, 2.75) is 18.8 Å². The number of carbonyl (C=O) groups excluding carboxylic acids is 1. The Hall–Kier alpha value is -0.870. The number of hydrogen-bond acceptors (Lipinski definition) is 3. The zero-order chi connectivity index (χ0) is 13.0. The first-order chi connectivity index (χ1) is 8.72. The number of esters is 1. The van der Waals surface area contributed by atoms with Crippen LogP contribution in [0.2, 0.25) is 0 Å². The molecule has 1 aliphatic heterocycles. The lowest BCUT2D eigenvalue weighted by molar-refractivity contribution is -0.142. The number of rotatable bonds is 4. The van der Waals surface area contributed by atoms with Gasteiger partial charge >= 0.3 is 5.97 Å². The minimum atomic E-state index is -0.205. The van der Waals surface area contributed by atoms with Crippen LogP contribution >= 0.6 is 15.9 Å². The summed E-state index contributed by atoms with van der Waals surface area (Å²) >= 11 is 3.52. The Morgan fingerprint density at radius 3 is 2.67 bits per heavy atom. The van der Waals surface area contributed by atoms with Gasteiger partial charge in [0.25, 0.3) is 0 Å². The summed E-state index contributed by atoms with van der Waals surface area (Å²) in [5, 5.41) is 0. The molecule has 1 unspecified atom stereocenters. The molecule has 1 fully saturated rings. The average molecular weight is 312 g/mol. The number of benzene rings is 1. The Balaban J connectivity index is 2.19. The number of carbonyl (C=O) groups is 1. The van der Waals surface area contributed by atoms with E-state index in [1.54, 1.807) is 0 Å². The molecular formula is C14H18BrNO2. The molecule has 0 spiro atoms. The summed E-state index contributed by atoms with van der Waals surface area (Å²) in [6.07, 6.45) is 2.45. The van der Waals surface area contributed by atoms with E-state index in [2.05, 4.69) is 20.8 Å². The lowest BCUT2D eigenvalue weighted by atomic mass is 9.98. The molecule has 0 N–H and O–H groups in total. The molecule has 1 atom stereocenters. The van der Waals surface area contributed by atoms with E-state index in [1.165, 1.54) is 20.0 Å². The minimum Gasteiger partial charge on any atom is -0.469 e. The summed E-state index contributed by atoms with van der Waals surface area (Å²) in [7, 11) is 1.45. The maximum absolute atomic E-state index is 12.0. The van der Waals surface area contributed by atoms with E-state index in [0.29, 0.717) is 0 Å². The molecule has 1 saturated heterocycles. The van der Waals surface area contributed by atoms with Gasteiger partial charge in [-0.25, -0.2) is 0 Å². The number of likely N-dealkylation sites (tertiary alicyclic amines) is 1. The van der Waals surface area contributed by atoms with Gasteiger partial charge in [-0.05, 0) is 37.6 Å². The second-order valence-corrected chi connectivity index (χ2v) is 5.46. The fourth-order valence-electron chi connectivity index (χ4n) is 2.42. The molecule has 2 rings (SSSR count). The van der Waals surface area contributed by atoms with Gasteiger partial charge < -0.3 is 9.64 Å². The van der Waals surface area contributed by atoms with Crippen LogP contribution in [0, 0.1) is 0 Å². The van der Waals surface area contributed by atoms with Gasteiger partial charge in [-0.15, -0.1) is 0 Å². The molecule has 98 valence electrons. The highest BCUT2D eigenvalue weighted by atomic mass is 79.9. The lowest BCUT2D eigenvalue weighted by Crippen LogP contribution is -2.30. The van der Waals surface area contributed by atoms with Gasteiger partial charge in [0.1, 0.15) is 0 Å². The van der Waals surface area contributed by atoms with Crippen molar-refractivity contribution < 1.29 is 9.53 Å². The molecule has 0 aliphatic carbocycles. The van der Waals surface area contributed by atoms with Gasteiger partial charge in [0.2, 0.25) is 0 Å². The lowest BCUT2D eigenvalue weighted by Gasteiger charge is -2.22. The van der Waals surface area contributed by atoms with E-state index in [0.717, 1.165) is 29.7 Å². The number of hydrogen-bond donors (Lipinski definition) is 0. The molecule has 1 aromatic rings. The third-order valence-corrected chi connectivity index (χ3v) is 4.13. The van der Waals surface area contributed by atoms with Crippen LogP contribution in [0.25, 0.3) is 0 Å². The van der Waals surface area contributed by atoms with Crippen LogP contribution < -0.4 is 0 Å². The molecule has 1 aliphatic rings. The Labute approximate surface area is 116 Å². The summed E-state index contributed by atoms with van der Waals surface area (Å²) < 4.78 is 5.92. The van der Waals surface area contributed by atoms with Crippen molar-refractivity contribution >= 4 is 21.9 Å². The SMILES string of the molecule is COC(=O)C(CN1CCCC1)c1ccccc1Br. The maximum Gasteiger partial charge on any atom is 0.314 e. The first-order valence-corrected chi connectivity index (χ1v) is 7.06. The van der Waals surface area contributed by atoms with Crippen LogP contribution in [0.1, 0.15) is 24.3 Å². The van der Waals surface area contributed by atoms with Crippen LogP contribution in [0.4, 0.5) is 0 Å². The standard InChI is InChI=1S/C14H18BrNO2/c1-18-14(17)12(10-16-8-4-5-9-16)11-6-2-3-7-13(11)15/h2-3,6-7,12H,4-5,8-10H2,1H3. The second kappa shape index (κ2) is 6.34. The maximum atomic E-state index is 12.0. The van der Waals surface area contributed by atoms with E-state index in [4.69, 9.17) is 4.74 Å². The Kier molecular flexibility index (Phi) is 4.78. The zero-order valence-electron chi connectivity index (χ0n) is 10.6. The van der Waals surface area contributed by atoms with Crippen LogP contribution in [0.3, 0.4) is 0 Å². The topological polar surface area (TPSA) is 29.5 Å². The first-order valence-electron chi connectivity index (χ1n) is 6.27. The predicted molar refractivity (Wildman–Crippen MR) is 74.6 cm³/mol. The quantitative estimate of drug-likeness (QED) is 0.801. The fourth-order valence-corrected chi connectivity index (χ4v) is 2.98. The molecule has 0 amide bonds. The highest BCUT2D eigenvalue weighted by molar-refractivity contribution is 9.10. The third-order valence-electron chi connectivity index (χ3n) is 3.41. The summed E-state index contributed by atoms with van der Waals surface area (Å²) in [5.41, 5.74) is 1.01. The molecule has 0 bridgehead atoms. The largest absolute Gasteiger partial charge is 0.469 e. The van der Waals surface area contributed by atoms with Crippen LogP contribution in [-0.2, 0) is 9.53 Å². The van der Waals surface area contributed by atoms with Crippen molar-refractivity contribution in [1.29, 1.82) is 0 Å². The van der Waals surface area contributed by atoms with Crippen molar-refractivity contribution in [3.05, 3.63) is 34.3 Å². The molecule has 0 radical (unpaired) electrons. The van der Waals surface area contributed by atoms with Crippen LogP contribution in [-0.4, -0.2) is 37.6 Å². The fraction of sp³-hybridized carbons (Fsp3) is 0.500. The van der Waals surface area contributed by atoms with Gasteiger partial charge in [0.15, 0.2) is 0 Å². The Bertz CT molecular complexity index is 416. The minimum absolute atomic E-state index is 0.159. The molecule has 1 aromatic carbocycles. The highest BCUT2D eigenvalue weighted by Crippen LogP contribution is 2.27. The summed E-state index contributed by atoms with van der Waals surface area (Å²) in [4.78, 5) is 14.3. The van der Waals surface area contributed by atoms with Gasteiger partial charge in [-0.3, -0.25) is 4.79 Å². The normalized spacial score (nSPS) is 17.7. The number of ether oxygens (including phenoxy) is 1. The van der Waals surface area contributed by atoms with Crippen molar-refractivity contribution in [3.63, 3.8) is 0 Å². The Morgan fingerprint density at radius 1 is 1.39 bits per heavy atom. The average Bonchev–Trinajstić information content (AvgIpc) is 2.89. The molecule has 0 saturated carbocycles. The van der Waals surface area contributed by atoms with Crippen molar-refractivity contribution in [1.82, 2.24) is 4.90 Å². The first kappa shape index (κ1) is 13.6. The van der Waals surface area contributed by atoms with Crippen molar-refractivity contribution in [2.24, 2.45) is 0 Å². The van der Waals surface area contributed by atoms with E-state index in [9.17, 15) is 4.79 Å². The van der Waals surface area contributed by atoms with Gasteiger partial charge in [0.05, 0.1) is 13.0 Å². The molecule has 3 nitrogen and oxygen atoms in total. The van der Waals surface area contributed by atoms with E-state index < -0.39 is 0 Å². The second-order valence-electron chi connectivity index (χ2n) is 4.60. The van der Waals surface area contributed by atoms with Crippen LogP contribution in [0.5, 0.6) is 0 Å².